The first-order valence-corrected chi connectivity index (χ1v) is 14.2. The Morgan fingerprint density at radius 2 is 1.00 bits per heavy atom. The van der Waals surface area contributed by atoms with Crippen LogP contribution in [0.3, 0.4) is 0 Å². The van der Waals surface area contributed by atoms with Gasteiger partial charge in [-0.1, -0.05) is 86.3 Å². The van der Waals surface area contributed by atoms with E-state index >= 15 is 0 Å². The van der Waals surface area contributed by atoms with E-state index in [1.54, 1.807) is 60.7 Å². The van der Waals surface area contributed by atoms with Crippen molar-refractivity contribution in [2.75, 3.05) is 13.2 Å². The van der Waals surface area contributed by atoms with Crippen LogP contribution < -0.4 is 0 Å². The van der Waals surface area contributed by atoms with Gasteiger partial charge >= 0.3 is 11.9 Å². The Hall–Kier alpha value is -3.36. The predicted molar refractivity (Wildman–Crippen MR) is 147 cm³/mol. The number of rotatable bonds is 11. The Bertz CT molecular complexity index is 1090. The zero-order valence-electron chi connectivity index (χ0n) is 22.8. The van der Waals surface area contributed by atoms with Crippen LogP contribution in [0.5, 0.6) is 0 Å². The van der Waals surface area contributed by atoms with Crippen molar-refractivity contribution in [1.82, 2.24) is 0 Å². The van der Waals surface area contributed by atoms with E-state index in [9.17, 15) is 29.4 Å². The molecule has 2 aliphatic carbocycles. The summed E-state index contributed by atoms with van der Waals surface area (Å²) in [7, 11) is 0. The average molecular weight is 551 g/mol. The van der Waals surface area contributed by atoms with Crippen molar-refractivity contribution in [1.29, 1.82) is 0 Å². The highest BCUT2D eigenvalue weighted by atomic mass is 16.5. The van der Waals surface area contributed by atoms with E-state index in [1.807, 2.05) is 0 Å². The molecule has 0 aromatic heterocycles. The van der Waals surface area contributed by atoms with Crippen LogP contribution in [-0.2, 0) is 19.1 Å². The molecule has 0 radical (unpaired) electrons. The number of unbranched alkanes of at least 4 members (excludes halogenated alkanes) is 1. The molecular weight excluding hydrogens is 512 g/mol. The zero-order chi connectivity index (χ0) is 28.6. The van der Waals surface area contributed by atoms with Gasteiger partial charge in [-0.15, -0.1) is 0 Å². The SMILES string of the molecule is O=C(OCCCCOC(=O)C1CCCCC1(O)C(=O)c1ccccc1)C1CCCCC1(O)C(=O)c1ccccc1. The summed E-state index contributed by atoms with van der Waals surface area (Å²) >= 11 is 0. The first-order chi connectivity index (χ1) is 19.3. The molecular formula is C32H38O8. The number of esters is 2. The Kier molecular flexibility index (Phi) is 9.87. The van der Waals surface area contributed by atoms with Crippen molar-refractivity contribution in [3.63, 3.8) is 0 Å². The number of Topliss-reactive ketones (excluding diaryl/α,β-unsaturated/α-hetero) is 2. The van der Waals surface area contributed by atoms with Gasteiger partial charge in [-0.2, -0.15) is 0 Å². The molecule has 4 atom stereocenters. The van der Waals surface area contributed by atoms with Gasteiger partial charge in [-0.25, -0.2) is 0 Å². The third-order valence-corrected chi connectivity index (χ3v) is 8.21. The van der Waals surface area contributed by atoms with Gasteiger partial charge in [0.25, 0.3) is 0 Å². The largest absolute Gasteiger partial charge is 0.465 e. The molecule has 2 fully saturated rings. The summed E-state index contributed by atoms with van der Waals surface area (Å²) in [4.78, 5) is 51.9. The third-order valence-electron chi connectivity index (χ3n) is 8.21. The fourth-order valence-corrected chi connectivity index (χ4v) is 5.91. The number of ketones is 2. The fraction of sp³-hybridized carbons (Fsp3) is 0.500. The lowest BCUT2D eigenvalue weighted by atomic mass is 9.71. The number of carbonyl (C=O) groups is 4. The van der Waals surface area contributed by atoms with Crippen molar-refractivity contribution < 1.29 is 38.9 Å². The van der Waals surface area contributed by atoms with Crippen LogP contribution in [-0.4, -0.2) is 58.1 Å². The van der Waals surface area contributed by atoms with E-state index in [-0.39, 0.29) is 26.1 Å². The van der Waals surface area contributed by atoms with Gasteiger partial charge in [0, 0.05) is 11.1 Å². The molecule has 0 spiro atoms. The number of aliphatic hydroxyl groups is 2. The van der Waals surface area contributed by atoms with E-state index in [4.69, 9.17) is 9.47 Å². The van der Waals surface area contributed by atoms with Crippen molar-refractivity contribution >= 4 is 23.5 Å². The van der Waals surface area contributed by atoms with Crippen LogP contribution in [0, 0.1) is 11.8 Å². The molecule has 4 unspecified atom stereocenters. The lowest BCUT2D eigenvalue weighted by molar-refractivity contribution is -0.161. The molecule has 214 valence electrons. The maximum atomic E-state index is 13.1. The van der Waals surface area contributed by atoms with Gasteiger partial charge in [-0.05, 0) is 38.5 Å². The summed E-state index contributed by atoms with van der Waals surface area (Å²) in [5, 5.41) is 22.5. The van der Waals surface area contributed by atoms with Gasteiger partial charge in [0.05, 0.1) is 25.0 Å². The first kappa shape index (κ1) is 29.6. The molecule has 40 heavy (non-hydrogen) atoms. The van der Waals surface area contributed by atoms with Crippen molar-refractivity contribution in [2.24, 2.45) is 11.8 Å². The smallest absolute Gasteiger partial charge is 0.312 e. The molecule has 2 saturated carbocycles. The molecule has 0 amide bonds. The molecule has 0 aliphatic heterocycles. The molecule has 2 N–H and O–H groups in total. The second kappa shape index (κ2) is 13.3. The number of hydrogen-bond donors (Lipinski definition) is 2. The number of ether oxygens (including phenoxy) is 2. The second-order valence-electron chi connectivity index (χ2n) is 10.9. The Balaban J connectivity index is 1.24. The third kappa shape index (κ3) is 6.50. The van der Waals surface area contributed by atoms with Gasteiger partial charge in [-0.3, -0.25) is 19.2 Å². The molecule has 4 rings (SSSR count). The van der Waals surface area contributed by atoms with Crippen LogP contribution in [0.1, 0.15) is 84.9 Å². The quantitative estimate of drug-likeness (QED) is 0.239. The maximum absolute atomic E-state index is 13.1. The van der Waals surface area contributed by atoms with Crippen LogP contribution in [0.15, 0.2) is 60.7 Å². The highest BCUT2D eigenvalue weighted by Gasteiger charge is 2.51. The van der Waals surface area contributed by atoms with Crippen molar-refractivity contribution in [3.8, 4) is 0 Å². The van der Waals surface area contributed by atoms with E-state index in [2.05, 4.69) is 0 Å². The Labute approximate surface area is 234 Å². The molecule has 2 aromatic carbocycles. The van der Waals surface area contributed by atoms with Crippen LogP contribution in [0.25, 0.3) is 0 Å². The van der Waals surface area contributed by atoms with Crippen molar-refractivity contribution in [3.05, 3.63) is 71.8 Å². The molecule has 0 saturated heterocycles. The van der Waals surface area contributed by atoms with Crippen LogP contribution >= 0.6 is 0 Å². The standard InChI is InChI=1S/C32H38O8/c33-27(23-13-3-1-4-14-23)31(37)19-9-7-17-25(31)29(35)39-21-11-12-22-40-30(36)26-18-8-10-20-32(26,38)28(34)24-15-5-2-6-16-24/h1-6,13-16,25-26,37-38H,7-12,17-22H2. The summed E-state index contributed by atoms with van der Waals surface area (Å²) in [6.07, 6.45) is 4.72. The average Bonchev–Trinajstić information content (AvgIpc) is 2.99. The van der Waals surface area contributed by atoms with E-state index < -0.39 is 46.5 Å². The number of carbonyl (C=O) groups excluding carboxylic acids is 4. The molecule has 0 bridgehead atoms. The topological polar surface area (TPSA) is 127 Å². The minimum Gasteiger partial charge on any atom is -0.465 e. The predicted octanol–water partition coefficient (Wildman–Crippen LogP) is 4.46. The lowest BCUT2D eigenvalue weighted by Crippen LogP contribution is -2.51. The van der Waals surface area contributed by atoms with E-state index in [0.717, 1.165) is 12.8 Å². The minimum absolute atomic E-state index is 0.0579. The Morgan fingerprint density at radius 1 is 0.625 bits per heavy atom. The molecule has 8 heteroatoms. The number of hydrogen-bond acceptors (Lipinski definition) is 8. The zero-order valence-corrected chi connectivity index (χ0v) is 22.8. The highest BCUT2D eigenvalue weighted by Crippen LogP contribution is 2.38. The summed E-state index contributed by atoms with van der Waals surface area (Å²) in [6, 6.07) is 17.0. The normalized spacial score (nSPS) is 26.4. The highest BCUT2D eigenvalue weighted by molar-refractivity contribution is 6.05. The summed E-state index contributed by atoms with van der Waals surface area (Å²) in [5.74, 6) is -3.99. The molecule has 0 heterocycles. The second-order valence-corrected chi connectivity index (χ2v) is 10.9. The molecule has 2 aromatic rings. The molecule has 8 nitrogen and oxygen atoms in total. The Morgan fingerprint density at radius 3 is 1.38 bits per heavy atom. The minimum atomic E-state index is -1.79. The van der Waals surface area contributed by atoms with Crippen LogP contribution in [0.4, 0.5) is 0 Å². The summed E-state index contributed by atoms with van der Waals surface area (Å²) < 4.78 is 10.8. The van der Waals surface area contributed by atoms with E-state index in [1.165, 1.54) is 0 Å². The van der Waals surface area contributed by atoms with Gasteiger partial charge in [0.2, 0.25) is 0 Å². The fourth-order valence-electron chi connectivity index (χ4n) is 5.91. The maximum Gasteiger partial charge on any atom is 0.312 e. The summed E-state index contributed by atoms with van der Waals surface area (Å²) in [6.45, 7) is 0.116. The summed E-state index contributed by atoms with van der Waals surface area (Å²) in [5.41, 5.74) is -2.86. The molecule has 2 aliphatic rings. The van der Waals surface area contributed by atoms with Crippen LogP contribution in [0.2, 0.25) is 0 Å². The number of benzene rings is 2. The van der Waals surface area contributed by atoms with Gasteiger partial charge in [0.15, 0.2) is 11.6 Å². The lowest BCUT2D eigenvalue weighted by Gasteiger charge is -2.37. The van der Waals surface area contributed by atoms with E-state index in [0.29, 0.717) is 49.7 Å². The van der Waals surface area contributed by atoms with Crippen molar-refractivity contribution in [2.45, 2.75) is 75.4 Å². The van der Waals surface area contributed by atoms with Gasteiger partial charge in [0.1, 0.15) is 11.2 Å². The first-order valence-electron chi connectivity index (χ1n) is 14.2. The monoisotopic (exact) mass is 550 g/mol. The van der Waals surface area contributed by atoms with Gasteiger partial charge < -0.3 is 19.7 Å².